The van der Waals surface area contributed by atoms with Crippen LogP contribution in [0.2, 0.25) is 10.0 Å². The molecule has 0 fully saturated rings. The van der Waals surface area contributed by atoms with Crippen molar-refractivity contribution in [2.75, 3.05) is 0 Å². The summed E-state index contributed by atoms with van der Waals surface area (Å²) in [5, 5.41) is 0.957. The van der Waals surface area contributed by atoms with Gasteiger partial charge < -0.3 is 5.73 Å². The Balaban J connectivity index is 2.36. The summed E-state index contributed by atoms with van der Waals surface area (Å²) < 4.78 is 0. The van der Waals surface area contributed by atoms with Crippen molar-refractivity contribution in [3.8, 4) is 0 Å². The molecule has 17 heavy (non-hydrogen) atoms. The van der Waals surface area contributed by atoms with Gasteiger partial charge in [-0.3, -0.25) is 9.97 Å². The van der Waals surface area contributed by atoms with Gasteiger partial charge in [0.15, 0.2) is 0 Å². The summed E-state index contributed by atoms with van der Waals surface area (Å²) in [6.45, 7) is 1.92. The highest BCUT2D eigenvalue weighted by Crippen LogP contribution is 2.26. The average Bonchev–Trinajstić information content (AvgIpc) is 2.29. The molecule has 0 amide bonds. The van der Waals surface area contributed by atoms with Gasteiger partial charge in [0, 0.05) is 18.1 Å². The van der Waals surface area contributed by atoms with Crippen LogP contribution < -0.4 is 5.73 Å². The third kappa shape index (κ3) is 2.75. The van der Waals surface area contributed by atoms with Crippen molar-refractivity contribution in [1.29, 1.82) is 0 Å². The lowest BCUT2D eigenvalue weighted by atomic mass is 10.1. The van der Waals surface area contributed by atoms with Crippen LogP contribution >= 0.6 is 23.2 Å². The molecule has 2 N–H and O–H groups in total. The molecule has 0 aliphatic rings. The average molecular weight is 268 g/mol. The number of rotatable bonds is 2. The second-order valence-corrected chi connectivity index (χ2v) is 4.57. The third-order valence-corrected chi connectivity index (χ3v) is 2.93. The van der Waals surface area contributed by atoms with Gasteiger partial charge in [-0.25, -0.2) is 0 Å². The van der Waals surface area contributed by atoms with Crippen molar-refractivity contribution >= 4 is 23.2 Å². The Morgan fingerprint density at radius 3 is 2.53 bits per heavy atom. The first-order chi connectivity index (χ1) is 8.08. The highest BCUT2D eigenvalue weighted by molar-refractivity contribution is 6.34. The van der Waals surface area contributed by atoms with Crippen LogP contribution in [0.5, 0.6) is 0 Å². The van der Waals surface area contributed by atoms with E-state index >= 15 is 0 Å². The Labute approximate surface area is 110 Å². The van der Waals surface area contributed by atoms with E-state index in [4.69, 9.17) is 28.9 Å². The predicted molar refractivity (Wildman–Crippen MR) is 69.3 cm³/mol. The second kappa shape index (κ2) is 5.00. The molecule has 1 unspecified atom stereocenters. The largest absolute Gasteiger partial charge is 0.319 e. The maximum absolute atomic E-state index is 6.09. The van der Waals surface area contributed by atoms with Crippen LogP contribution in [-0.4, -0.2) is 9.97 Å². The van der Waals surface area contributed by atoms with Gasteiger partial charge in [0.1, 0.15) is 0 Å². The second-order valence-electron chi connectivity index (χ2n) is 3.73. The van der Waals surface area contributed by atoms with Crippen LogP contribution in [0.3, 0.4) is 0 Å². The highest BCUT2D eigenvalue weighted by Gasteiger charge is 2.14. The Morgan fingerprint density at radius 2 is 1.94 bits per heavy atom. The van der Waals surface area contributed by atoms with Crippen LogP contribution in [0.15, 0.2) is 30.6 Å². The van der Waals surface area contributed by atoms with Crippen LogP contribution in [0, 0.1) is 6.92 Å². The Morgan fingerprint density at radius 1 is 1.18 bits per heavy atom. The normalized spacial score (nSPS) is 12.5. The first-order valence-electron chi connectivity index (χ1n) is 5.07. The number of nitrogens with zero attached hydrogens (tertiary/aromatic N) is 2. The molecule has 5 heteroatoms. The summed E-state index contributed by atoms with van der Waals surface area (Å²) in [4.78, 5) is 8.36. The zero-order valence-corrected chi connectivity index (χ0v) is 10.7. The van der Waals surface area contributed by atoms with Crippen molar-refractivity contribution in [2.45, 2.75) is 13.0 Å². The van der Waals surface area contributed by atoms with Crippen molar-refractivity contribution in [2.24, 2.45) is 5.73 Å². The number of aryl methyl sites for hydroxylation is 1. The van der Waals surface area contributed by atoms with Gasteiger partial charge in [0.05, 0.1) is 21.8 Å². The van der Waals surface area contributed by atoms with E-state index in [1.807, 2.05) is 19.1 Å². The molecule has 1 atom stereocenters. The van der Waals surface area contributed by atoms with Crippen LogP contribution in [0.4, 0.5) is 0 Å². The molecule has 0 bridgehead atoms. The molecule has 2 heterocycles. The van der Waals surface area contributed by atoms with Gasteiger partial charge in [-0.1, -0.05) is 29.3 Å². The van der Waals surface area contributed by atoms with Gasteiger partial charge in [0.25, 0.3) is 0 Å². The summed E-state index contributed by atoms with van der Waals surface area (Å²) in [5.74, 6) is 0. The molecule has 0 saturated heterocycles. The maximum atomic E-state index is 6.09. The molecule has 2 aromatic rings. The number of hydrogen-bond donors (Lipinski definition) is 1. The van der Waals surface area contributed by atoms with E-state index in [1.165, 1.54) is 6.20 Å². The molecule has 3 nitrogen and oxygen atoms in total. The maximum Gasteiger partial charge on any atom is 0.0803 e. The monoisotopic (exact) mass is 267 g/mol. The van der Waals surface area contributed by atoms with E-state index in [-0.39, 0.29) is 0 Å². The number of pyridine rings is 2. The van der Waals surface area contributed by atoms with E-state index in [9.17, 15) is 0 Å². The first kappa shape index (κ1) is 12.3. The number of halogens is 2. The number of aromatic nitrogens is 2. The minimum Gasteiger partial charge on any atom is -0.319 e. The van der Waals surface area contributed by atoms with E-state index < -0.39 is 6.04 Å². The summed E-state index contributed by atoms with van der Waals surface area (Å²) in [7, 11) is 0. The lowest BCUT2D eigenvalue weighted by Gasteiger charge is -2.12. The van der Waals surface area contributed by atoms with Crippen molar-refractivity contribution in [3.63, 3.8) is 0 Å². The highest BCUT2D eigenvalue weighted by atomic mass is 35.5. The molecule has 2 rings (SSSR count). The third-order valence-electron chi connectivity index (χ3n) is 2.42. The zero-order valence-electron chi connectivity index (χ0n) is 9.19. The fraction of sp³-hybridized carbons (Fsp3) is 0.167. The molecule has 2 aromatic heterocycles. The topological polar surface area (TPSA) is 51.8 Å². The predicted octanol–water partition coefficient (Wildman–Crippen LogP) is 3.14. The van der Waals surface area contributed by atoms with Gasteiger partial charge in [0.2, 0.25) is 0 Å². The van der Waals surface area contributed by atoms with E-state index in [1.54, 1.807) is 12.3 Å². The minimum atomic E-state index is -0.395. The summed E-state index contributed by atoms with van der Waals surface area (Å²) in [5.41, 5.74) is 8.49. The smallest absolute Gasteiger partial charge is 0.0803 e. The van der Waals surface area contributed by atoms with Crippen LogP contribution in [0.1, 0.15) is 23.0 Å². The molecule has 0 aromatic carbocycles. The first-order valence-corrected chi connectivity index (χ1v) is 5.82. The van der Waals surface area contributed by atoms with E-state index in [0.717, 1.165) is 11.3 Å². The molecule has 88 valence electrons. The van der Waals surface area contributed by atoms with Crippen LogP contribution in [-0.2, 0) is 0 Å². The minimum absolute atomic E-state index is 0.395. The van der Waals surface area contributed by atoms with Crippen LogP contribution in [0.25, 0.3) is 0 Å². The van der Waals surface area contributed by atoms with Gasteiger partial charge in [-0.05, 0) is 24.6 Å². The molecule has 0 spiro atoms. The van der Waals surface area contributed by atoms with Gasteiger partial charge in [-0.15, -0.1) is 0 Å². The number of nitrogens with two attached hydrogens (primary N) is 1. The molecule has 0 aliphatic carbocycles. The Hall–Kier alpha value is -1.16. The Bertz CT molecular complexity index is 526. The lowest BCUT2D eigenvalue weighted by molar-refractivity contribution is 0.821. The van der Waals surface area contributed by atoms with E-state index in [2.05, 4.69) is 9.97 Å². The molecular weight excluding hydrogens is 257 g/mol. The van der Waals surface area contributed by atoms with Crippen molar-refractivity contribution < 1.29 is 0 Å². The van der Waals surface area contributed by atoms with Crippen molar-refractivity contribution in [3.05, 3.63) is 57.6 Å². The standard InChI is InChI=1S/C12H11Cl2N3/c1-7-2-3-8(5-16-7)11(15)12-10(14)4-9(13)6-17-12/h2-6,11H,15H2,1H3. The Kier molecular flexibility index (Phi) is 3.62. The summed E-state index contributed by atoms with van der Waals surface area (Å²) >= 11 is 11.8. The van der Waals surface area contributed by atoms with Gasteiger partial charge in [-0.2, -0.15) is 0 Å². The fourth-order valence-electron chi connectivity index (χ4n) is 1.48. The summed E-state index contributed by atoms with van der Waals surface area (Å²) in [6, 6.07) is 5.05. The molecular formula is C12H11Cl2N3. The number of hydrogen-bond acceptors (Lipinski definition) is 3. The molecule has 0 saturated carbocycles. The fourth-order valence-corrected chi connectivity index (χ4v) is 1.97. The molecule has 0 radical (unpaired) electrons. The van der Waals surface area contributed by atoms with Crippen molar-refractivity contribution in [1.82, 2.24) is 9.97 Å². The quantitative estimate of drug-likeness (QED) is 0.910. The van der Waals surface area contributed by atoms with Gasteiger partial charge >= 0.3 is 0 Å². The SMILES string of the molecule is Cc1ccc(C(N)c2ncc(Cl)cc2Cl)cn1. The summed E-state index contributed by atoms with van der Waals surface area (Å²) in [6.07, 6.45) is 3.26. The zero-order chi connectivity index (χ0) is 12.4. The molecule has 0 aliphatic heterocycles. The van der Waals surface area contributed by atoms with E-state index in [0.29, 0.717) is 15.7 Å². The lowest BCUT2D eigenvalue weighted by Crippen LogP contribution is -2.14.